The lowest BCUT2D eigenvalue weighted by atomic mass is 9.98. The van der Waals surface area contributed by atoms with E-state index in [4.69, 9.17) is 10.8 Å². The van der Waals surface area contributed by atoms with E-state index in [0.29, 0.717) is 19.5 Å². The number of hydrogen-bond donors (Lipinski definition) is 2. The molecule has 1 fully saturated rings. The normalized spacial score (nSPS) is 18.4. The Labute approximate surface area is 89.2 Å². The minimum Gasteiger partial charge on any atom is -0.481 e. The molecule has 1 aliphatic rings. The summed E-state index contributed by atoms with van der Waals surface area (Å²) in [7, 11) is 0. The zero-order chi connectivity index (χ0) is 11.4. The average molecular weight is 214 g/mol. The SMILES string of the molecule is CCCCC(N)C(=O)N1CC(C(=O)O)C1. The Morgan fingerprint density at radius 3 is 2.60 bits per heavy atom. The molecule has 15 heavy (non-hydrogen) atoms. The summed E-state index contributed by atoms with van der Waals surface area (Å²) < 4.78 is 0. The lowest BCUT2D eigenvalue weighted by molar-refractivity contribution is -0.153. The molecule has 1 amide bonds. The molecule has 1 atom stereocenters. The van der Waals surface area contributed by atoms with Crippen LogP contribution in [0.25, 0.3) is 0 Å². The number of rotatable bonds is 5. The number of carboxylic acids is 1. The molecule has 0 spiro atoms. The van der Waals surface area contributed by atoms with Crippen LogP contribution in [-0.2, 0) is 9.59 Å². The minimum absolute atomic E-state index is 0.110. The van der Waals surface area contributed by atoms with Crippen LogP contribution in [0.2, 0.25) is 0 Å². The first-order valence-corrected chi connectivity index (χ1v) is 5.33. The monoisotopic (exact) mass is 214 g/mol. The molecule has 3 N–H and O–H groups in total. The van der Waals surface area contributed by atoms with Crippen LogP contribution in [-0.4, -0.2) is 41.0 Å². The number of nitrogens with two attached hydrogens (primary N) is 1. The quantitative estimate of drug-likeness (QED) is 0.677. The molecule has 86 valence electrons. The second kappa shape index (κ2) is 5.11. The van der Waals surface area contributed by atoms with Gasteiger partial charge < -0.3 is 15.7 Å². The highest BCUT2D eigenvalue weighted by atomic mass is 16.4. The van der Waals surface area contributed by atoms with E-state index in [1.807, 2.05) is 6.92 Å². The Morgan fingerprint density at radius 1 is 1.53 bits per heavy atom. The van der Waals surface area contributed by atoms with E-state index in [-0.39, 0.29) is 5.91 Å². The largest absolute Gasteiger partial charge is 0.481 e. The summed E-state index contributed by atoms with van der Waals surface area (Å²) in [5, 5.41) is 8.64. The molecule has 0 bridgehead atoms. The fourth-order valence-corrected chi connectivity index (χ4v) is 1.60. The summed E-state index contributed by atoms with van der Waals surface area (Å²) in [5.74, 6) is -1.34. The average Bonchev–Trinajstić information content (AvgIpc) is 2.10. The fourth-order valence-electron chi connectivity index (χ4n) is 1.60. The van der Waals surface area contributed by atoms with Gasteiger partial charge >= 0.3 is 5.97 Å². The number of amides is 1. The molecule has 0 aromatic carbocycles. The molecule has 1 saturated heterocycles. The topological polar surface area (TPSA) is 83.6 Å². The molecule has 5 heteroatoms. The Balaban J connectivity index is 2.28. The van der Waals surface area contributed by atoms with Crippen LogP contribution in [0.15, 0.2) is 0 Å². The van der Waals surface area contributed by atoms with Gasteiger partial charge in [0.2, 0.25) is 5.91 Å². The van der Waals surface area contributed by atoms with Gasteiger partial charge in [0.15, 0.2) is 0 Å². The third kappa shape index (κ3) is 2.92. The van der Waals surface area contributed by atoms with Crippen molar-refractivity contribution in [2.24, 2.45) is 11.7 Å². The first-order chi connectivity index (χ1) is 7.06. The van der Waals surface area contributed by atoms with E-state index in [1.54, 1.807) is 0 Å². The number of carbonyl (C=O) groups excluding carboxylic acids is 1. The molecular weight excluding hydrogens is 196 g/mol. The maximum Gasteiger partial charge on any atom is 0.310 e. The number of unbranched alkanes of at least 4 members (excludes halogenated alkanes) is 1. The number of hydrogen-bond acceptors (Lipinski definition) is 3. The van der Waals surface area contributed by atoms with Crippen molar-refractivity contribution in [3.05, 3.63) is 0 Å². The van der Waals surface area contributed by atoms with Gasteiger partial charge in [0, 0.05) is 13.1 Å². The summed E-state index contributed by atoms with van der Waals surface area (Å²) in [6.45, 7) is 2.67. The van der Waals surface area contributed by atoms with E-state index < -0.39 is 17.9 Å². The number of carboxylic acid groups (broad SMARTS) is 1. The van der Waals surface area contributed by atoms with Crippen molar-refractivity contribution in [2.75, 3.05) is 13.1 Å². The van der Waals surface area contributed by atoms with Crippen LogP contribution < -0.4 is 5.73 Å². The third-order valence-electron chi connectivity index (χ3n) is 2.73. The van der Waals surface area contributed by atoms with E-state index in [0.717, 1.165) is 12.8 Å². The number of likely N-dealkylation sites (tertiary alicyclic amines) is 1. The van der Waals surface area contributed by atoms with E-state index >= 15 is 0 Å². The van der Waals surface area contributed by atoms with E-state index in [9.17, 15) is 9.59 Å². The van der Waals surface area contributed by atoms with Crippen molar-refractivity contribution < 1.29 is 14.7 Å². The van der Waals surface area contributed by atoms with E-state index in [2.05, 4.69) is 0 Å². The van der Waals surface area contributed by atoms with Crippen molar-refractivity contribution in [2.45, 2.75) is 32.2 Å². The molecule has 0 aromatic rings. The summed E-state index contributed by atoms with van der Waals surface area (Å²) >= 11 is 0. The smallest absolute Gasteiger partial charge is 0.310 e. The molecule has 1 aliphatic heterocycles. The van der Waals surface area contributed by atoms with E-state index in [1.165, 1.54) is 4.90 Å². The third-order valence-corrected chi connectivity index (χ3v) is 2.73. The highest BCUT2D eigenvalue weighted by Crippen LogP contribution is 2.17. The minimum atomic E-state index is -0.832. The Hall–Kier alpha value is -1.10. The van der Waals surface area contributed by atoms with Gasteiger partial charge in [0.1, 0.15) is 0 Å². The second-order valence-electron chi connectivity index (χ2n) is 4.03. The lowest BCUT2D eigenvalue weighted by Gasteiger charge is -2.38. The molecule has 1 rings (SSSR count). The maximum atomic E-state index is 11.6. The molecule has 1 heterocycles. The highest BCUT2D eigenvalue weighted by Gasteiger charge is 2.36. The van der Waals surface area contributed by atoms with Gasteiger partial charge in [-0.1, -0.05) is 19.8 Å². The van der Waals surface area contributed by atoms with Crippen molar-refractivity contribution in [3.8, 4) is 0 Å². The molecule has 0 radical (unpaired) electrons. The Bertz CT molecular complexity index is 249. The fraction of sp³-hybridized carbons (Fsp3) is 0.800. The number of nitrogens with zero attached hydrogens (tertiary/aromatic N) is 1. The zero-order valence-corrected chi connectivity index (χ0v) is 8.98. The summed E-state index contributed by atoms with van der Waals surface area (Å²) in [5.41, 5.74) is 5.70. The Kier molecular flexibility index (Phi) is 4.08. The van der Waals surface area contributed by atoms with Gasteiger partial charge in [-0.2, -0.15) is 0 Å². The highest BCUT2D eigenvalue weighted by molar-refractivity contribution is 5.84. The molecule has 0 saturated carbocycles. The maximum absolute atomic E-state index is 11.6. The second-order valence-corrected chi connectivity index (χ2v) is 4.03. The lowest BCUT2D eigenvalue weighted by Crippen LogP contribution is -2.57. The molecule has 0 aromatic heterocycles. The first-order valence-electron chi connectivity index (χ1n) is 5.33. The van der Waals surface area contributed by atoms with Crippen LogP contribution >= 0.6 is 0 Å². The van der Waals surface area contributed by atoms with Crippen LogP contribution in [0, 0.1) is 5.92 Å². The molecule has 5 nitrogen and oxygen atoms in total. The standard InChI is InChI=1S/C10H18N2O3/c1-2-3-4-8(11)9(13)12-5-7(6-12)10(14)15/h7-8H,2-6,11H2,1H3,(H,14,15). The Morgan fingerprint density at radius 2 is 2.13 bits per heavy atom. The molecular formula is C10H18N2O3. The van der Waals surface area contributed by atoms with Crippen LogP contribution in [0.1, 0.15) is 26.2 Å². The first kappa shape index (κ1) is 12.0. The zero-order valence-electron chi connectivity index (χ0n) is 8.98. The van der Waals surface area contributed by atoms with Gasteiger partial charge in [0.25, 0.3) is 0 Å². The summed E-state index contributed by atoms with van der Waals surface area (Å²) in [6, 6.07) is -0.459. The van der Waals surface area contributed by atoms with Crippen LogP contribution in [0.4, 0.5) is 0 Å². The van der Waals surface area contributed by atoms with Gasteiger partial charge in [-0.3, -0.25) is 9.59 Å². The summed E-state index contributed by atoms with van der Waals surface area (Å²) in [6.07, 6.45) is 2.63. The van der Waals surface area contributed by atoms with Gasteiger partial charge in [0.05, 0.1) is 12.0 Å². The molecule has 0 aliphatic carbocycles. The summed E-state index contributed by atoms with van der Waals surface area (Å²) in [4.78, 5) is 23.7. The number of aliphatic carboxylic acids is 1. The van der Waals surface area contributed by atoms with Crippen LogP contribution in [0.3, 0.4) is 0 Å². The van der Waals surface area contributed by atoms with Crippen molar-refractivity contribution in [3.63, 3.8) is 0 Å². The number of carbonyl (C=O) groups is 2. The van der Waals surface area contributed by atoms with Crippen molar-refractivity contribution >= 4 is 11.9 Å². The van der Waals surface area contributed by atoms with Crippen molar-refractivity contribution in [1.82, 2.24) is 4.90 Å². The molecule has 1 unspecified atom stereocenters. The van der Waals surface area contributed by atoms with Crippen molar-refractivity contribution in [1.29, 1.82) is 0 Å². The van der Waals surface area contributed by atoms with Gasteiger partial charge in [-0.25, -0.2) is 0 Å². The predicted octanol–water partition coefficient (Wildman–Crippen LogP) is 0.0469. The van der Waals surface area contributed by atoms with Crippen LogP contribution in [0.5, 0.6) is 0 Å². The predicted molar refractivity (Wildman–Crippen MR) is 55.2 cm³/mol. The van der Waals surface area contributed by atoms with Gasteiger partial charge in [-0.15, -0.1) is 0 Å². The van der Waals surface area contributed by atoms with Gasteiger partial charge in [-0.05, 0) is 6.42 Å².